The van der Waals surface area contributed by atoms with Crippen LogP contribution >= 0.6 is 0 Å². The van der Waals surface area contributed by atoms with Crippen molar-refractivity contribution in [2.24, 2.45) is 5.73 Å². The average Bonchev–Trinajstić information content (AvgIpc) is 2.47. The molecule has 0 atom stereocenters. The maximum Gasteiger partial charge on any atom is 0.250 e. The van der Waals surface area contributed by atoms with E-state index in [4.69, 9.17) is 16.2 Å². The SMILES string of the molecule is COc1ccc(N(C)c2ccc(N)c(C(N)=O)c2)cc1. The van der Waals surface area contributed by atoms with E-state index < -0.39 is 5.91 Å². The minimum absolute atomic E-state index is 0.322. The van der Waals surface area contributed by atoms with Crippen molar-refractivity contribution < 1.29 is 9.53 Å². The number of primary amides is 1. The Bertz CT molecular complexity index is 624. The van der Waals surface area contributed by atoms with Crippen LogP contribution < -0.4 is 21.1 Å². The van der Waals surface area contributed by atoms with Gasteiger partial charge in [0.2, 0.25) is 0 Å². The number of carbonyl (C=O) groups is 1. The molecule has 0 unspecified atom stereocenters. The van der Waals surface area contributed by atoms with Crippen molar-refractivity contribution in [1.29, 1.82) is 0 Å². The van der Waals surface area contributed by atoms with E-state index in [-0.39, 0.29) is 0 Å². The fourth-order valence-electron chi connectivity index (χ4n) is 1.92. The normalized spacial score (nSPS) is 10.1. The number of amides is 1. The number of nitrogens with two attached hydrogens (primary N) is 2. The molecule has 0 heterocycles. The average molecular weight is 271 g/mol. The van der Waals surface area contributed by atoms with Crippen molar-refractivity contribution in [1.82, 2.24) is 0 Å². The molecule has 0 aliphatic carbocycles. The van der Waals surface area contributed by atoms with Gasteiger partial charge >= 0.3 is 0 Å². The molecular weight excluding hydrogens is 254 g/mol. The first-order valence-corrected chi connectivity index (χ1v) is 6.10. The molecule has 104 valence electrons. The van der Waals surface area contributed by atoms with Gasteiger partial charge in [0.25, 0.3) is 5.91 Å². The Balaban J connectivity index is 2.34. The Labute approximate surface area is 117 Å². The molecule has 0 aromatic heterocycles. The van der Waals surface area contributed by atoms with Gasteiger partial charge in [-0.15, -0.1) is 0 Å². The molecule has 0 spiro atoms. The van der Waals surface area contributed by atoms with Crippen LogP contribution in [-0.4, -0.2) is 20.1 Å². The third kappa shape index (κ3) is 2.66. The predicted octanol–water partition coefficient (Wildman–Crippen LogP) is 2.14. The molecule has 0 saturated heterocycles. The molecule has 0 fully saturated rings. The largest absolute Gasteiger partial charge is 0.497 e. The zero-order valence-corrected chi connectivity index (χ0v) is 11.5. The number of anilines is 3. The first kappa shape index (κ1) is 13.7. The summed E-state index contributed by atoms with van der Waals surface area (Å²) < 4.78 is 5.12. The van der Waals surface area contributed by atoms with Crippen LogP contribution in [0.4, 0.5) is 17.1 Å². The number of ether oxygens (including phenoxy) is 1. The number of hydrogen-bond acceptors (Lipinski definition) is 4. The van der Waals surface area contributed by atoms with E-state index in [9.17, 15) is 4.79 Å². The zero-order valence-electron chi connectivity index (χ0n) is 11.5. The highest BCUT2D eigenvalue weighted by Gasteiger charge is 2.10. The van der Waals surface area contributed by atoms with Crippen molar-refractivity contribution >= 4 is 23.0 Å². The van der Waals surface area contributed by atoms with Crippen molar-refractivity contribution in [3.63, 3.8) is 0 Å². The molecule has 5 heteroatoms. The maximum atomic E-state index is 11.3. The molecule has 0 aliphatic rings. The Morgan fingerprint density at radius 1 is 1.10 bits per heavy atom. The molecule has 2 aromatic rings. The lowest BCUT2D eigenvalue weighted by molar-refractivity contribution is 0.100. The van der Waals surface area contributed by atoms with E-state index >= 15 is 0 Å². The fraction of sp³-hybridized carbons (Fsp3) is 0.133. The van der Waals surface area contributed by atoms with Gasteiger partial charge in [0.1, 0.15) is 5.75 Å². The Morgan fingerprint density at radius 3 is 2.25 bits per heavy atom. The molecule has 1 amide bonds. The summed E-state index contributed by atoms with van der Waals surface area (Å²) >= 11 is 0. The summed E-state index contributed by atoms with van der Waals surface area (Å²) in [6.45, 7) is 0. The van der Waals surface area contributed by atoms with Gasteiger partial charge in [-0.3, -0.25) is 4.79 Å². The molecule has 2 rings (SSSR count). The number of nitrogen functional groups attached to an aromatic ring is 1. The highest BCUT2D eigenvalue weighted by atomic mass is 16.5. The Kier molecular flexibility index (Phi) is 3.79. The fourth-order valence-corrected chi connectivity index (χ4v) is 1.92. The van der Waals surface area contributed by atoms with E-state index in [2.05, 4.69) is 0 Å². The molecule has 0 aliphatic heterocycles. The number of rotatable bonds is 4. The lowest BCUT2D eigenvalue weighted by atomic mass is 10.1. The second-order valence-corrected chi connectivity index (χ2v) is 4.39. The quantitative estimate of drug-likeness (QED) is 0.835. The molecular formula is C15H17N3O2. The maximum absolute atomic E-state index is 11.3. The third-order valence-electron chi connectivity index (χ3n) is 3.15. The number of methoxy groups -OCH3 is 1. The van der Waals surface area contributed by atoms with Crippen LogP contribution in [0.25, 0.3) is 0 Å². The zero-order chi connectivity index (χ0) is 14.7. The lowest BCUT2D eigenvalue weighted by Crippen LogP contribution is -2.16. The minimum Gasteiger partial charge on any atom is -0.497 e. The van der Waals surface area contributed by atoms with Crippen LogP contribution in [0.1, 0.15) is 10.4 Å². The third-order valence-corrected chi connectivity index (χ3v) is 3.15. The molecule has 0 radical (unpaired) electrons. The summed E-state index contributed by atoms with van der Waals surface area (Å²) in [4.78, 5) is 13.3. The summed E-state index contributed by atoms with van der Waals surface area (Å²) in [5, 5.41) is 0. The monoisotopic (exact) mass is 271 g/mol. The van der Waals surface area contributed by atoms with Crippen molar-refractivity contribution in [3.8, 4) is 5.75 Å². The van der Waals surface area contributed by atoms with Gasteiger partial charge in [-0.1, -0.05) is 0 Å². The molecule has 0 bridgehead atoms. The number of hydrogen-bond donors (Lipinski definition) is 2. The van der Waals surface area contributed by atoms with Gasteiger partial charge in [-0.25, -0.2) is 0 Å². The van der Waals surface area contributed by atoms with Gasteiger partial charge in [0.05, 0.1) is 12.7 Å². The van der Waals surface area contributed by atoms with Gasteiger partial charge in [0, 0.05) is 24.1 Å². The number of nitrogens with zero attached hydrogens (tertiary/aromatic N) is 1. The van der Waals surface area contributed by atoms with Gasteiger partial charge in [0.15, 0.2) is 0 Å². The molecule has 20 heavy (non-hydrogen) atoms. The van der Waals surface area contributed by atoms with Crippen LogP contribution in [0.2, 0.25) is 0 Å². The minimum atomic E-state index is -0.535. The van der Waals surface area contributed by atoms with E-state index in [1.165, 1.54) is 0 Å². The molecule has 5 nitrogen and oxygen atoms in total. The lowest BCUT2D eigenvalue weighted by Gasteiger charge is -2.20. The van der Waals surface area contributed by atoms with Crippen LogP contribution in [0.15, 0.2) is 42.5 Å². The first-order valence-electron chi connectivity index (χ1n) is 6.10. The number of benzene rings is 2. The summed E-state index contributed by atoms with van der Waals surface area (Å²) in [6.07, 6.45) is 0. The van der Waals surface area contributed by atoms with Crippen LogP contribution in [-0.2, 0) is 0 Å². The highest BCUT2D eigenvalue weighted by molar-refractivity contribution is 5.99. The summed E-state index contributed by atoms with van der Waals surface area (Å²) in [5.41, 5.74) is 13.5. The number of carbonyl (C=O) groups excluding carboxylic acids is 1. The van der Waals surface area contributed by atoms with Crippen molar-refractivity contribution in [3.05, 3.63) is 48.0 Å². The standard InChI is InChI=1S/C15H17N3O2/c1-18(10-3-6-12(20-2)7-4-10)11-5-8-14(16)13(9-11)15(17)19/h3-9H,16H2,1-2H3,(H2,17,19). The Hall–Kier alpha value is -2.69. The van der Waals surface area contributed by atoms with Gasteiger partial charge in [-0.05, 0) is 42.5 Å². The van der Waals surface area contributed by atoms with Crippen LogP contribution in [0, 0.1) is 0 Å². The van der Waals surface area contributed by atoms with Gasteiger partial charge < -0.3 is 21.1 Å². The van der Waals surface area contributed by atoms with Crippen LogP contribution in [0.3, 0.4) is 0 Å². The highest BCUT2D eigenvalue weighted by Crippen LogP contribution is 2.27. The molecule has 4 N–H and O–H groups in total. The first-order chi connectivity index (χ1) is 9.52. The summed E-state index contributed by atoms with van der Waals surface area (Å²) in [7, 11) is 3.52. The summed E-state index contributed by atoms with van der Waals surface area (Å²) in [5.74, 6) is 0.254. The van der Waals surface area contributed by atoms with Crippen molar-refractivity contribution in [2.45, 2.75) is 0 Å². The second kappa shape index (κ2) is 5.52. The van der Waals surface area contributed by atoms with Crippen LogP contribution in [0.5, 0.6) is 5.75 Å². The summed E-state index contributed by atoms with van der Waals surface area (Å²) in [6, 6.07) is 12.8. The van der Waals surface area contributed by atoms with E-state index in [1.807, 2.05) is 42.3 Å². The predicted molar refractivity (Wildman–Crippen MR) is 80.4 cm³/mol. The Morgan fingerprint density at radius 2 is 1.70 bits per heavy atom. The molecule has 2 aromatic carbocycles. The van der Waals surface area contributed by atoms with E-state index in [0.29, 0.717) is 11.3 Å². The van der Waals surface area contributed by atoms with E-state index in [0.717, 1.165) is 17.1 Å². The van der Waals surface area contributed by atoms with Crippen molar-refractivity contribution in [2.75, 3.05) is 24.8 Å². The molecule has 0 saturated carbocycles. The van der Waals surface area contributed by atoms with E-state index in [1.54, 1.807) is 19.2 Å². The smallest absolute Gasteiger partial charge is 0.250 e. The van der Waals surface area contributed by atoms with Gasteiger partial charge in [-0.2, -0.15) is 0 Å². The second-order valence-electron chi connectivity index (χ2n) is 4.39. The topological polar surface area (TPSA) is 81.6 Å².